The van der Waals surface area contributed by atoms with Gasteiger partial charge >= 0.3 is 0 Å². The second kappa shape index (κ2) is 8.90. The van der Waals surface area contributed by atoms with Crippen molar-refractivity contribution >= 4 is 5.82 Å². The van der Waals surface area contributed by atoms with E-state index in [1.807, 2.05) is 0 Å². The molecule has 0 bridgehead atoms. The first kappa shape index (κ1) is 13.9. The number of hydrogen-bond donors (Lipinski definition) is 1. The minimum absolute atomic E-state index is 0.313. The largest absolute Gasteiger partial charge is 0.382 e. The van der Waals surface area contributed by atoms with Crippen LogP contribution in [0.25, 0.3) is 0 Å². The molecule has 96 valence electrons. The molecule has 0 spiro atoms. The molecule has 1 rings (SSSR count). The van der Waals surface area contributed by atoms with Gasteiger partial charge in [0.25, 0.3) is 0 Å². The molecule has 1 N–H and O–H groups in total. The summed E-state index contributed by atoms with van der Waals surface area (Å²) in [6.45, 7) is 2.65. The van der Waals surface area contributed by atoms with Crippen LogP contribution >= 0.6 is 0 Å². The smallest absolute Gasteiger partial charge is 0.165 e. The lowest BCUT2D eigenvalue weighted by Crippen LogP contribution is -2.07. The second-order valence-electron chi connectivity index (χ2n) is 3.57. The van der Waals surface area contributed by atoms with E-state index in [4.69, 9.17) is 9.47 Å². The van der Waals surface area contributed by atoms with Crippen molar-refractivity contribution < 1.29 is 13.9 Å². The van der Waals surface area contributed by atoms with Gasteiger partial charge in [0.05, 0.1) is 13.2 Å². The van der Waals surface area contributed by atoms with E-state index in [0.717, 1.165) is 12.8 Å². The van der Waals surface area contributed by atoms with Crippen molar-refractivity contribution in [3.8, 4) is 0 Å². The Morgan fingerprint density at radius 3 is 2.94 bits per heavy atom. The third-order valence-electron chi connectivity index (χ3n) is 2.20. The zero-order valence-electron chi connectivity index (χ0n) is 10.1. The van der Waals surface area contributed by atoms with Crippen LogP contribution in [0, 0.1) is 5.82 Å². The summed E-state index contributed by atoms with van der Waals surface area (Å²) in [6, 6.07) is 2.97. The molecule has 5 heteroatoms. The first-order valence-electron chi connectivity index (χ1n) is 5.75. The monoisotopic (exact) mass is 242 g/mol. The number of methoxy groups -OCH3 is 1. The van der Waals surface area contributed by atoms with E-state index in [-0.39, 0.29) is 5.82 Å². The quantitative estimate of drug-likeness (QED) is 0.673. The summed E-state index contributed by atoms with van der Waals surface area (Å²) >= 11 is 0. The SMILES string of the molecule is COCCOCCCCNc1ncccc1F. The molecular formula is C12H19FN2O2. The van der Waals surface area contributed by atoms with Crippen LogP contribution in [0.3, 0.4) is 0 Å². The third kappa shape index (κ3) is 6.19. The number of nitrogens with one attached hydrogen (secondary N) is 1. The predicted molar refractivity (Wildman–Crippen MR) is 64.6 cm³/mol. The van der Waals surface area contributed by atoms with E-state index < -0.39 is 0 Å². The fourth-order valence-corrected chi connectivity index (χ4v) is 1.30. The van der Waals surface area contributed by atoms with E-state index in [1.165, 1.54) is 6.07 Å². The summed E-state index contributed by atoms with van der Waals surface area (Å²) in [5.74, 6) is -0.00311. The van der Waals surface area contributed by atoms with Crippen LogP contribution in [0.1, 0.15) is 12.8 Å². The molecule has 0 radical (unpaired) electrons. The fraction of sp³-hybridized carbons (Fsp3) is 0.583. The van der Waals surface area contributed by atoms with E-state index in [2.05, 4.69) is 10.3 Å². The molecule has 0 unspecified atom stereocenters. The molecule has 0 aliphatic carbocycles. The van der Waals surface area contributed by atoms with Gasteiger partial charge in [-0.25, -0.2) is 9.37 Å². The van der Waals surface area contributed by atoms with Crippen molar-refractivity contribution in [3.05, 3.63) is 24.1 Å². The maximum absolute atomic E-state index is 13.1. The normalized spacial score (nSPS) is 10.5. The number of nitrogens with zero attached hydrogens (tertiary/aromatic N) is 1. The maximum atomic E-state index is 13.1. The minimum atomic E-state index is -0.316. The number of unbranched alkanes of at least 4 members (excludes halogenated alkanes) is 1. The lowest BCUT2D eigenvalue weighted by molar-refractivity contribution is 0.0691. The van der Waals surface area contributed by atoms with Crippen molar-refractivity contribution in [3.63, 3.8) is 0 Å². The van der Waals surface area contributed by atoms with Crippen LogP contribution in [0.4, 0.5) is 10.2 Å². The number of anilines is 1. The number of pyridine rings is 1. The Labute approximate surface area is 101 Å². The predicted octanol–water partition coefficient (Wildman–Crippen LogP) is 2.08. The first-order valence-corrected chi connectivity index (χ1v) is 5.75. The Bertz CT molecular complexity index is 310. The molecule has 0 saturated heterocycles. The summed E-state index contributed by atoms with van der Waals surface area (Å²) in [5, 5.41) is 2.95. The highest BCUT2D eigenvalue weighted by atomic mass is 19.1. The standard InChI is InChI=1S/C12H19FN2O2/c1-16-9-10-17-8-3-2-6-14-12-11(13)5-4-7-15-12/h4-5,7H,2-3,6,8-10H2,1H3,(H,14,15). The van der Waals surface area contributed by atoms with E-state index in [0.29, 0.717) is 32.2 Å². The first-order chi connectivity index (χ1) is 8.34. The fourth-order valence-electron chi connectivity index (χ4n) is 1.30. The van der Waals surface area contributed by atoms with Gasteiger partial charge in [0, 0.05) is 26.5 Å². The highest BCUT2D eigenvalue weighted by Gasteiger charge is 1.99. The van der Waals surface area contributed by atoms with Gasteiger partial charge in [-0.05, 0) is 25.0 Å². The summed E-state index contributed by atoms with van der Waals surface area (Å²) in [4.78, 5) is 3.90. The number of rotatable bonds is 9. The van der Waals surface area contributed by atoms with Gasteiger partial charge in [-0.2, -0.15) is 0 Å². The van der Waals surface area contributed by atoms with Crippen LogP contribution in [0.15, 0.2) is 18.3 Å². The number of halogens is 1. The lowest BCUT2D eigenvalue weighted by Gasteiger charge is -2.06. The van der Waals surface area contributed by atoms with Gasteiger partial charge in [-0.15, -0.1) is 0 Å². The lowest BCUT2D eigenvalue weighted by atomic mass is 10.3. The molecule has 1 aromatic heterocycles. The minimum Gasteiger partial charge on any atom is -0.382 e. The summed E-state index contributed by atoms with van der Waals surface area (Å²) in [6.07, 6.45) is 3.42. The molecule has 0 fully saturated rings. The van der Waals surface area contributed by atoms with Crippen molar-refractivity contribution in [1.82, 2.24) is 4.98 Å². The molecule has 1 aromatic rings. The zero-order valence-corrected chi connectivity index (χ0v) is 10.1. The molecule has 1 heterocycles. The highest BCUT2D eigenvalue weighted by molar-refractivity contribution is 5.35. The highest BCUT2D eigenvalue weighted by Crippen LogP contribution is 2.08. The Kier molecular flexibility index (Phi) is 7.25. The van der Waals surface area contributed by atoms with Crippen LogP contribution in [-0.2, 0) is 9.47 Å². The van der Waals surface area contributed by atoms with Crippen molar-refractivity contribution in [2.24, 2.45) is 0 Å². The Hall–Kier alpha value is -1.20. The van der Waals surface area contributed by atoms with Crippen LogP contribution in [0.2, 0.25) is 0 Å². The molecule has 0 amide bonds. The van der Waals surface area contributed by atoms with Crippen LogP contribution in [0.5, 0.6) is 0 Å². The Morgan fingerprint density at radius 2 is 2.18 bits per heavy atom. The second-order valence-corrected chi connectivity index (χ2v) is 3.57. The summed E-state index contributed by atoms with van der Waals surface area (Å²) < 4.78 is 23.3. The van der Waals surface area contributed by atoms with Gasteiger partial charge in [0.1, 0.15) is 0 Å². The number of aromatic nitrogens is 1. The van der Waals surface area contributed by atoms with Crippen molar-refractivity contribution in [2.45, 2.75) is 12.8 Å². The Balaban J connectivity index is 1.99. The van der Waals surface area contributed by atoms with E-state index in [9.17, 15) is 4.39 Å². The average Bonchev–Trinajstić information content (AvgIpc) is 2.35. The molecule has 4 nitrogen and oxygen atoms in total. The molecule has 0 aliphatic rings. The third-order valence-corrected chi connectivity index (χ3v) is 2.20. The molecule has 0 aromatic carbocycles. The number of ether oxygens (including phenoxy) is 2. The van der Waals surface area contributed by atoms with E-state index in [1.54, 1.807) is 19.4 Å². The van der Waals surface area contributed by atoms with Gasteiger partial charge in [-0.1, -0.05) is 0 Å². The van der Waals surface area contributed by atoms with E-state index >= 15 is 0 Å². The molecule has 17 heavy (non-hydrogen) atoms. The molecule has 0 saturated carbocycles. The topological polar surface area (TPSA) is 43.4 Å². The number of hydrogen-bond acceptors (Lipinski definition) is 4. The van der Waals surface area contributed by atoms with Gasteiger partial charge in [-0.3, -0.25) is 0 Å². The van der Waals surface area contributed by atoms with Crippen molar-refractivity contribution in [2.75, 3.05) is 38.8 Å². The molecule has 0 atom stereocenters. The van der Waals surface area contributed by atoms with Gasteiger partial charge in [0.15, 0.2) is 11.6 Å². The van der Waals surface area contributed by atoms with Gasteiger partial charge in [0.2, 0.25) is 0 Å². The van der Waals surface area contributed by atoms with Crippen LogP contribution < -0.4 is 5.32 Å². The summed E-state index contributed by atoms with van der Waals surface area (Å²) in [5.41, 5.74) is 0. The zero-order chi connectivity index (χ0) is 12.3. The van der Waals surface area contributed by atoms with Gasteiger partial charge < -0.3 is 14.8 Å². The van der Waals surface area contributed by atoms with Crippen molar-refractivity contribution in [1.29, 1.82) is 0 Å². The average molecular weight is 242 g/mol. The molecule has 0 aliphatic heterocycles. The maximum Gasteiger partial charge on any atom is 0.165 e. The summed E-state index contributed by atoms with van der Waals surface area (Å²) in [7, 11) is 1.65. The van der Waals surface area contributed by atoms with Crippen LogP contribution in [-0.4, -0.2) is 38.5 Å². The molecular weight excluding hydrogens is 223 g/mol. The Morgan fingerprint density at radius 1 is 1.29 bits per heavy atom.